The molecule has 5 nitrogen and oxygen atoms in total. The van der Waals surface area contributed by atoms with Gasteiger partial charge < -0.3 is 9.73 Å². The average molecular weight is 364 g/mol. The zero-order chi connectivity index (χ0) is 14.7. The van der Waals surface area contributed by atoms with E-state index in [1.165, 1.54) is 11.3 Å². The van der Waals surface area contributed by atoms with Crippen LogP contribution in [0.15, 0.2) is 50.7 Å². The molecule has 0 aliphatic heterocycles. The molecule has 0 fully saturated rings. The van der Waals surface area contributed by atoms with Gasteiger partial charge in [0.2, 0.25) is 5.89 Å². The van der Waals surface area contributed by atoms with Crippen LogP contribution in [0.2, 0.25) is 0 Å². The Morgan fingerprint density at radius 3 is 2.76 bits per heavy atom. The minimum absolute atomic E-state index is 0.182. The number of nitrogens with zero attached hydrogens (tertiary/aromatic N) is 2. The highest BCUT2D eigenvalue weighted by Gasteiger charge is 2.11. The highest BCUT2D eigenvalue weighted by Crippen LogP contribution is 2.22. The van der Waals surface area contributed by atoms with Gasteiger partial charge in [0.15, 0.2) is 0 Å². The number of benzene rings is 1. The number of carbonyl (C=O) groups excluding carboxylic acids is 1. The standard InChI is InChI=1S/C14H10BrN3O2S/c15-10-5-3-9(4-6-10)13(19)16-8-12-17-18-14(20-12)11-2-1-7-21-11/h1-7H,8H2,(H,16,19). The molecule has 0 atom stereocenters. The predicted molar refractivity (Wildman–Crippen MR) is 82.9 cm³/mol. The Bertz CT molecular complexity index is 738. The zero-order valence-corrected chi connectivity index (χ0v) is 13.1. The highest BCUT2D eigenvalue weighted by molar-refractivity contribution is 9.10. The molecule has 0 aliphatic carbocycles. The number of thiophene rings is 1. The van der Waals surface area contributed by atoms with E-state index in [1.54, 1.807) is 12.1 Å². The van der Waals surface area contributed by atoms with Crippen LogP contribution in [-0.2, 0) is 6.54 Å². The van der Waals surface area contributed by atoms with Gasteiger partial charge in [-0.05, 0) is 35.7 Å². The number of halogens is 1. The Morgan fingerprint density at radius 2 is 2.05 bits per heavy atom. The maximum Gasteiger partial charge on any atom is 0.257 e. The summed E-state index contributed by atoms with van der Waals surface area (Å²) in [6.45, 7) is 0.202. The molecule has 0 saturated heterocycles. The molecule has 1 N–H and O–H groups in total. The molecular formula is C14H10BrN3O2S. The first-order chi connectivity index (χ1) is 10.2. The summed E-state index contributed by atoms with van der Waals surface area (Å²) in [4.78, 5) is 12.9. The SMILES string of the molecule is O=C(NCc1nnc(-c2cccs2)o1)c1ccc(Br)cc1. The number of hydrogen-bond donors (Lipinski definition) is 1. The Hall–Kier alpha value is -1.99. The van der Waals surface area contributed by atoms with Crippen LogP contribution >= 0.6 is 27.3 Å². The van der Waals surface area contributed by atoms with Gasteiger partial charge in [-0.25, -0.2) is 0 Å². The first kappa shape index (κ1) is 14.0. The van der Waals surface area contributed by atoms with E-state index in [1.807, 2.05) is 29.6 Å². The van der Waals surface area contributed by atoms with Crippen molar-refractivity contribution in [2.45, 2.75) is 6.54 Å². The van der Waals surface area contributed by atoms with Gasteiger partial charge in [-0.2, -0.15) is 0 Å². The van der Waals surface area contributed by atoms with Crippen LogP contribution in [-0.4, -0.2) is 16.1 Å². The molecule has 0 spiro atoms. The van der Waals surface area contributed by atoms with Crippen molar-refractivity contribution in [1.82, 2.24) is 15.5 Å². The second-order valence-corrected chi connectivity index (χ2v) is 6.03. The monoisotopic (exact) mass is 363 g/mol. The molecule has 1 aromatic carbocycles. The summed E-state index contributed by atoms with van der Waals surface area (Å²) in [5.41, 5.74) is 0.580. The van der Waals surface area contributed by atoms with Crippen molar-refractivity contribution in [3.8, 4) is 10.8 Å². The van der Waals surface area contributed by atoms with Gasteiger partial charge in [0, 0.05) is 10.0 Å². The number of aromatic nitrogens is 2. The first-order valence-corrected chi connectivity index (χ1v) is 7.79. The minimum atomic E-state index is -0.182. The maximum absolute atomic E-state index is 12.0. The molecule has 3 aromatic rings. The lowest BCUT2D eigenvalue weighted by Gasteiger charge is -2.02. The number of carbonyl (C=O) groups is 1. The van der Waals surface area contributed by atoms with E-state index in [0.29, 0.717) is 17.3 Å². The van der Waals surface area contributed by atoms with E-state index in [0.717, 1.165) is 9.35 Å². The molecule has 7 heteroatoms. The second kappa shape index (κ2) is 6.19. The van der Waals surface area contributed by atoms with Crippen molar-refractivity contribution in [3.05, 3.63) is 57.7 Å². The molecule has 0 bridgehead atoms. The summed E-state index contributed by atoms with van der Waals surface area (Å²) in [6, 6.07) is 10.9. The van der Waals surface area contributed by atoms with E-state index in [4.69, 9.17) is 4.42 Å². The lowest BCUT2D eigenvalue weighted by Crippen LogP contribution is -2.22. The van der Waals surface area contributed by atoms with E-state index in [2.05, 4.69) is 31.4 Å². The van der Waals surface area contributed by atoms with Crippen LogP contribution in [0.5, 0.6) is 0 Å². The van der Waals surface area contributed by atoms with Crippen LogP contribution < -0.4 is 5.32 Å². The molecule has 1 amide bonds. The smallest absolute Gasteiger partial charge is 0.257 e. The van der Waals surface area contributed by atoms with Gasteiger partial charge in [-0.3, -0.25) is 4.79 Å². The molecule has 0 saturated carbocycles. The summed E-state index contributed by atoms with van der Waals surface area (Å²) in [6.07, 6.45) is 0. The Labute approximate surface area is 133 Å². The van der Waals surface area contributed by atoms with Crippen LogP contribution in [0.4, 0.5) is 0 Å². The van der Waals surface area contributed by atoms with Crippen molar-refractivity contribution in [3.63, 3.8) is 0 Å². The fourth-order valence-corrected chi connectivity index (χ4v) is 2.59. The third-order valence-corrected chi connectivity index (χ3v) is 4.09. The second-order valence-electron chi connectivity index (χ2n) is 4.17. The molecule has 2 heterocycles. The fraction of sp³-hybridized carbons (Fsp3) is 0.0714. The number of nitrogens with one attached hydrogen (secondary N) is 1. The van der Waals surface area contributed by atoms with Gasteiger partial charge >= 0.3 is 0 Å². The van der Waals surface area contributed by atoms with Gasteiger partial charge in [-0.15, -0.1) is 21.5 Å². The lowest BCUT2D eigenvalue weighted by molar-refractivity contribution is 0.0947. The summed E-state index contributed by atoms with van der Waals surface area (Å²) in [7, 11) is 0. The van der Waals surface area contributed by atoms with Crippen molar-refractivity contribution < 1.29 is 9.21 Å². The number of rotatable bonds is 4. The number of amides is 1. The van der Waals surface area contributed by atoms with E-state index >= 15 is 0 Å². The highest BCUT2D eigenvalue weighted by atomic mass is 79.9. The van der Waals surface area contributed by atoms with E-state index in [9.17, 15) is 4.79 Å². The first-order valence-electron chi connectivity index (χ1n) is 6.12. The third-order valence-electron chi connectivity index (χ3n) is 2.71. The van der Waals surface area contributed by atoms with E-state index < -0.39 is 0 Å². The topological polar surface area (TPSA) is 68.0 Å². The van der Waals surface area contributed by atoms with Gasteiger partial charge in [0.25, 0.3) is 11.8 Å². The average Bonchev–Trinajstić information content (AvgIpc) is 3.16. The van der Waals surface area contributed by atoms with Crippen molar-refractivity contribution >= 4 is 33.2 Å². The van der Waals surface area contributed by atoms with Crippen LogP contribution in [0.1, 0.15) is 16.2 Å². The summed E-state index contributed by atoms with van der Waals surface area (Å²) in [5, 5.41) is 12.6. The van der Waals surface area contributed by atoms with Crippen molar-refractivity contribution in [2.24, 2.45) is 0 Å². The number of hydrogen-bond acceptors (Lipinski definition) is 5. The molecule has 0 aliphatic rings. The summed E-state index contributed by atoms with van der Waals surface area (Å²) < 4.78 is 6.43. The molecule has 106 valence electrons. The normalized spacial score (nSPS) is 10.5. The van der Waals surface area contributed by atoms with Gasteiger partial charge in [-0.1, -0.05) is 22.0 Å². The minimum Gasteiger partial charge on any atom is -0.418 e. The predicted octanol–water partition coefficient (Wildman–Crippen LogP) is 3.49. The van der Waals surface area contributed by atoms with Gasteiger partial charge in [0.05, 0.1) is 11.4 Å². The Balaban J connectivity index is 1.62. The molecular weight excluding hydrogens is 354 g/mol. The Kier molecular flexibility index (Phi) is 4.12. The van der Waals surface area contributed by atoms with Crippen LogP contribution in [0, 0.1) is 0 Å². The quantitative estimate of drug-likeness (QED) is 0.770. The summed E-state index contributed by atoms with van der Waals surface area (Å²) in [5.74, 6) is 0.667. The van der Waals surface area contributed by atoms with Crippen molar-refractivity contribution in [1.29, 1.82) is 0 Å². The molecule has 2 aromatic heterocycles. The lowest BCUT2D eigenvalue weighted by atomic mass is 10.2. The van der Waals surface area contributed by atoms with Crippen LogP contribution in [0.25, 0.3) is 10.8 Å². The zero-order valence-electron chi connectivity index (χ0n) is 10.7. The molecule has 0 radical (unpaired) electrons. The third kappa shape index (κ3) is 3.37. The molecule has 0 unspecified atom stereocenters. The molecule has 3 rings (SSSR count). The maximum atomic E-state index is 12.0. The van der Waals surface area contributed by atoms with Crippen molar-refractivity contribution in [2.75, 3.05) is 0 Å². The fourth-order valence-electron chi connectivity index (χ4n) is 1.68. The molecule has 21 heavy (non-hydrogen) atoms. The largest absolute Gasteiger partial charge is 0.418 e. The summed E-state index contributed by atoms with van der Waals surface area (Å²) >= 11 is 4.85. The van der Waals surface area contributed by atoms with Crippen LogP contribution in [0.3, 0.4) is 0 Å². The Morgan fingerprint density at radius 1 is 1.24 bits per heavy atom. The van der Waals surface area contributed by atoms with E-state index in [-0.39, 0.29) is 12.5 Å². The van der Waals surface area contributed by atoms with Gasteiger partial charge in [0.1, 0.15) is 0 Å².